The van der Waals surface area contributed by atoms with Crippen LogP contribution in [0, 0.1) is 17.2 Å². The van der Waals surface area contributed by atoms with Gasteiger partial charge in [-0.25, -0.2) is 0 Å². The van der Waals surface area contributed by atoms with Crippen molar-refractivity contribution in [1.29, 1.82) is 5.26 Å². The molecular formula is C13H18BN2NaO3. The van der Waals surface area contributed by atoms with Crippen molar-refractivity contribution >= 4 is 14.3 Å². The Kier molecular flexibility index (Phi) is 7.91. The fourth-order valence-electron chi connectivity index (χ4n) is 2.26. The second kappa shape index (κ2) is 8.33. The predicted molar refractivity (Wildman–Crippen MR) is 75.2 cm³/mol. The fraction of sp³-hybridized carbons (Fsp3) is 0.385. The Balaban J connectivity index is 0.00000180. The summed E-state index contributed by atoms with van der Waals surface area (Å²) in [6.07, 6.45) is 1.44. The molecule has 1 aliphatic carbocycles. The Morgan fingerprint density at radius 2 is 2.20 bits per heavy atom. The van der Waals surface area contributed by atoms with E-state index in [4.69, 9.17) is 15.7 Å². The van der Waals surface area contributed by atoms with Gasteiger partial charge in [0.2, 0.25) is 0 Å². The SMILES string of the molecule is N#Cc1cc(OCC(N)=O)cc2c1CC(CO)C2.[BH4-].[Na+]. The third-order valence-electron chi connectivity index (χ3n) is 3.08. The van der Waals surface area contributed by atoms with Crippen LogP contribution in [0.3, 0.4) is 0 Å². The molecule has 0 fully saturated rings. The Morgan fingerprint density at radius 3 is 2.75 bits per heavy atom. The Morgan fingerprint density at radius 1 is 1.50 bits per heavy atom. The van der Waals surface area contributed by atoms with Gasteiger partial charge in [-0.3, -0.25) is 4.79 Å². The van der Waals surface area contributed by atoms with Crippen LogP contribution in [0.25, 0.3) is 0 Å². The van der Waals surface area contributed by atoms with Gasteiger partial charge in [0.25, 0.3) is 5.91 Å². The summed E-state index contributed by atoms with van der Waals surface area (Å²) in [4.78, 5) is 10.7. The predicted octanol–water partition coefficient (Wildman–Crippen LogP) is -4.32. The van der Waals surface area contributed by atoms with Crippen LogP contribution in [0.1, 0.15) is 16.7 Å². The minimum Gasteiger partial charge on any atom is -0.484 e. The normalized spacial score (nSPS) is 15.3. The molecule has 0 spiro atoms. The second-order valence-electron chi connectivity index (χ2n) is 4.43. The van der Waals surface area contributed by atoms with Crippen LogP contribution >= 0.6 is 0 Å². The van der Waals surface area contributed by atoms with Crippen LogP contribution in [0.15, 0.2) is 12.1 Å². The van der Waals surface area contributed by atoms with E-state index in [2.05, 4.69) is 6.07 Å². The van der Waals surface area contributed by atoms with Crippen LogP contribution < -0.4 is 40.0 Å². The second-order valence-corrected chi connectivity index (χ2v) is 4.43. The minimum absolute atomic E-state index is 0. The minimum atomic E-state index is -0.553. The zero-order chi connectivity index (χ0) is 13.1. The molecule has 0 aromatic heterocycles. The number of benzene rings is 1. The van der Waals surface area contributed by atoms with Crippen molar-refractivity contribution in [1.82, 2.24) is 0 Å². The third-order valence-corrected chi connectivity index (χ3v) is 3.08. The molecule has 20 heavy (non-hydrogen) atoms. The number of rotatable bonds is 4. The molecule has 0 aliphatic heterocycles. The van der Waals surface area contributed by atoms with E-state index in [9.17, 15) is 9.90 Å². The zero-order valence-corrected chi connectivity index (χ0v) is 12.8. The van der Waals surface area contributed by atoms with Crippen molar-refractivity contribution < 1.29 is 44.2 Å². The molecule has 2 rings (SSSR count). The smallest absolute Gasteiger partial charge is 0.484 e. The van der Waals surface area contributed by atoms with E-state index >= 15 is 0 Å². The number of nitrogens with zero attached hydrogens (tertiary/aromatic N) is 1. The van der Waals surface area contributed by atoms with Gasteiger partial charge in [0.1, 0.15) is 5.75 Å². The summed E-state index contributed by atoms with van der Waals surface area (Å²) in [7, 11) is 0. The van der Waals surface area contributed by atoms with E-state index in [1.165, 1.54) is 0 Å². The first-order valence-corrected chi connectivity index (χ1v) is 5.72. The molecular weight excluding hydrogens is 266 g/mol. The molecule has 7 heteroatoms. The zero-order valence-electron chi connectivity index (χ0n) is 10.8. The molecule has 102 valence electrons. The van der Waals surface area contributed by atoms with Gasteiger partial charge in [0, 0.05) is 6.61 Å². The molecule has 1 aliphatic rings. The van der Waals surface area contributed by atoms with Crippen molar-refractivity contribution in [2.45, 2.75) is 12.8 Å². The molecule has 0 radical (unpaired) electrons. The quantitative estimate of drug-likeness (QED) is 0.547. The van der Waals surface area contributed by atoms with Gasteiger partial charge < -0.3 is 15.6 Å². The Labute approximate surface area is 142 Å². The van der Waals surface area contributed by atoms with Crippen molar-refractivity contribution in [3.63, 3.8) is 0 Å². The number of hydrogen-bond donors (Lipinski definition) is 2. The average Bonchev–Trinajstić information content (AvgIpc) is 2.78. The molecule has 0 bridgehead atoms. The Hall–Kier alpha value is -0.995. The van der Waals surface area contributed by atoms with Crippen LogP contribution in [0.2, 0.25) is 0 Å². The molecule has 5 nitrogen and oxygen atoms in total. The van der Waals surface area contributed by atoms with Crippen LogP contribution in [-0.2, 0) is 17.6 Å². The van der Waals surface area contributed by atoms with Crippen LogP contribution in [0.4, 0.5) is 0 Å². The topological polar surface area (TPSA) is 96.3 Å². The van der Waals surface area contributed by atoms with E-state index in [-0.39, 0.29) is 57.1 Å². The van der Waals surface area contributed by atoms with Gasteiger partial charge in [-0.05, 0) is 42.0 Å². The van der Waals surface area contributed by atoms with Crippen molar-refractivity contribution in [3.8, 4) is 11.8 Å². The molecule has 0 heterocycles. The molecule has 1 aromatic rings. The summed E-state index contributed by atoms with van der Waals surface area (Å²) in [5.41, 5.74) is 7.53. The first kappa shape index (κ1) is 19.0. The summed E-state index contributed by atoms with van der Waals surface area (Å²) in [6, 6.07) is 5.55. The molecule has 0 saturated heterocycles. The first-order valence-electron chi connectivity index (χ1n) is 5.72. The molecule has 1 atom stereocenters. The summed E-state index contributed by atoms with van der Waals surface area (Å²) in [6.45, 7) is -0.0931. The molecule has 1 unspecified atom stereocenters. The third kappa shape index (κ3) is 4.25. The average molecular weight is 284 g/mol. The van der Waals surface area contributed by atoms with E-state index < -0.39 is 5.91 Å². The van der Waals surface area contributed by atoms with Gasteiger partial charge in [-0.15, -0.1) is 0 Å². The summed E-state index contributed by atoms with van der Waals surface area (Å²) in [5, 5.41) is 18.3. The summed E-state index contributed by atoms with van der Waals surface area (Å²) in [5.74, 6) is 0.0865. The summed E-state index contributed by atoms with van der Waals surface area (Å²) < 4.78 is 5.22. The van der Waals surface area contributed by atoms with E-state index in [0.29, 0.717) is 17.7 Å². The largest absolute Gasteiger partial charge is 1.00 e. The molecule has 0 saturated carbocycles. The molecule has 1 aromatic carbocycles. The van der Waals surface area contributed by atoms with Crippen molar-refractivity contribution in [2.24, 2.45) is 11.7 Å². The maximum Gasteiger partial charge on any atom is 1.00 e. The number of fused-ring (bicyclic) bond motifs is 1. The van der Waals surface area contributed by atoms with Gasteiger partial charge in [0.15, 0.2) is 6.61 Å². The number of carbonyl (C=O) groups is 1. The van der Waals surface area contributed by atoms with Gasteiger partial charge >= 0.3 is 29.6 Å². The molecule has 1 amide bonds. The number of carbonyl (C=O) groups excluding carboxylic acids is 1. The number of aliphatic hydroxyl groups is 1. The van der Waals surface area contributed by atoms with Crippen molar-refractivity contribution in [2.75, 3.05) is 13.2 Å². The number of ether oxygens (including phenoxy) is 1. The maximum atomic E-state index is 10.7. The van der Waals surface area contributed by atoms with Crippen molar-refractivity contribution in [3.05, 3.63) is 28.8 Å². The van der Waals surface area contributed by atoms with Gasteiger partial charge in [-0.2, -0.15) is 5.26 Å². The van der Waals surface area contributed by atoms with Gasteiger partial charge in [0.05, 0.1) is 11.6 Å². The number of primary amides is 1. The number of hydrogen-bond acceptors (Lipinski definition) is 4. The molecule has 3 N–H and O–H groups in total. The van der Waals surface area contributed by atoms with E-state index in [1.54, 1.807) is 6.07 Å². The number of aliphatic hydroxyl groups excluding tert-OH is 1. The monoisotopic (exact) mass is 284 g/mol. The number of nitriles is 1. The van der Waals surface area contributed by atoms with E-state index in [0.717, 1.165) is 17.5 Å². The standard InChI is InChI=1S/C13H14N2O3.BH4.Na/c14-5-10-4-11(18-7-13(15)17)3-9-1-8(6-16)2-12(9)10;;/h3-4,8,16H,1-2,6-7H2,(H2,15,17);1H4;/q;-1;+1. The van der Waals surface area contributed by atoms with Crippen LogP contribution in [0.5, 0.6) is 5.75 Å². The van der Waals surface area contributed by atoms with E-state index in [1.807, 2.05) is 6.07 Å². The number of amides is 1. The maximum absolute atomic E-state index is 10.7. The van der Waals surface area contributed by atoms with Crippen LogP contribution in [-0.4, -0.2) is 32.6 Å². The first-order chi connectivity index (χ1) is 8.63. The Bertz CT molecular complexity index is 531. The summed E-state index contributed by atoms with van der Waals surface area (Å²) >= 11 is 0. The van der Waals surface area contributed by atoms with Gasteiger partial charge in [-0.1, -0.05) is 8.41 Å². The number of nitrogens with two attached hydrogens (primary N) is 1. The fourth-order valence-corrected chi connectivity index (χ4v) is 2.26.